The average molecular weight is 381 g/mol. The van der Waals surface area contributed by atoms with Gasteiger partial charge in [-0.05, 0) is 48.9 Å². The molecule has 0 bridgehead atoms. The van der Waals surface area contributed by atoms with E-state index in [9.17, 15) is 4.79 Å². The molecular weight excluding hydrogens is 366 g/mol. The van der Waals surface area contributed by atoms with Crippen molar-refractivity contribution in [2.24, 2.45) is 0 Å². The lowest BCUT2D eigenvalue weighted by molar-refractivity contribution is -0.111. The number of anilines is 1. The lowest BCUT2D eigenvalue weighted by Crippen LogP contribution is -2.08. The smallest absolute Gasteiger partial charge is 0.248 e. The maximum absolute atomic E-state index is 12.0. The van der Waals surface area contributed by atoms with Gasteiger partial charge in [-0.25, -0.2) is 0 Å². The second-order valence-electron chi connectivity index (χ2n) is 4.69. The highest BCUT2D eigenvalue weighted by Gasteiger charge is 2.05. The first-order chi connectivity index (χ1) is 10.5. The van der Waals surface area contributed by atoms with Crippen molar-refractivity contribution in [3.63, 3.8) is 0 Å². The van der Waals surface area contributed by atoms with Gasteiger partial charge in [-0.1, -0.05) is 33.6 Å². The van der Waals surface area contributed by atoms with Crippen LogP contribution in [0.3, 0.4) is 0 Å². The minimum atomic E-state index is -0.257. The van der Waals surface area contributed by atoms with Gasteiger partial charge in [-0.2, -0.15) is 0 Å². The largest absolute Gasteiger partial charge is 0.496 e. The number of amides is 1. The zero-order valence-corrected chi connectivity index (χ0v) is 14.5. The van der Waals surface area contributed by atoms with Crippen LogP contribution in [0.4, 0.5) is 5.69 Å². The van der Waals surface area contributed by atoms with Crippen molar-refractivity contribution >= 4 is 45.2 Å². The molecule has 0 aromatic heterocycles. The van der Waals surface area contributed by atoms with E-state index in [0.717, 1.165) is 15.6 Å². The van der Waals surface area contributed by atoms with Gasteiger partial charge >= 0.3 is 0 Å². The third-order valence-electron chi connectivity index (χ3n) is 2.99. The van der Waals surface area contributed by atoms with E-state index < -0.39 is 0 Å². The summed E-state index contributed by atoms with van der Waals surface area (Å²) in [7, 11) is 1.59. The lowest BCUT2D eigenvalue weighted by atomic mass is 10.2. The molecule has 0 fully saturated rings. The van der Waals surface area contributed by atoms with Crippen LogP contribution in [0.5, 0.6) is 5.75 Å². The Labute approximate surface area is 143 Å². The van der Waals surface area contributed by atoms with Gasteiger partial charge in [0.1, 0.15) is 5.75 Å². The fourth-order valence-electron chi connectivity index (χ4n) is 1.90. The molecule has 0 saturated carbocycles. The standard InChI is InChI=1S/C17H15BrClNO2/c1-11-3-6-15(14(19)9-11)20-17(21)8-4-12-10-13(18)5-7-16(12)22-2/h3-10H,1-2H3,(H,20,21)/b8-4+. The molecule has 5 heteroatoms. The molecule has 0 atom stereocenters. The highest BCUT2D eigenvalue weighted by atomic mass is 79.9. The van der Waals surface area contributed by atoms with Gasteiger partial charge in [-0.15, -0.1) is 0 Å². The normalized spacial score (nSPS) is 10.7. The number of carbonyl (C=O) groups excluding carboxylic acids is 1. The molecule has 0 unspecified atom stereocenters. The Morgan fingerprint density at radius 1 is 1.27 bits per heavy atom. The van der Waals surface area contributed by atoms with Crippen LogP contribution in [-0.2, 0) is 4.79 Å². The van der Waals surface area contributed by atoms with Gasteiger partial charge < -0.3 is 10.1 Å². The van der Waals surface area contributed by atoms with E-state index in [1.807, 2.05) is 31.2 Å². The summed E-state index contributed by atoms with van der Waals surface area (Å²) in [6, 6.07) is 11.1. The van der Waals surface area contributed by atoms with E-state index in [-0.39, 0.29) is 5.91 Å². The van der Waals surface area contributed by atoms with E-state index in [0.29, 0.717) is 16.5 Å². The first-order valence-corrected chi connectivity index (χ1v) is 7.75. The summed E-state index contributed by atoms with van der Waals surface area (Å²) in [6.07, 6.45) is 3.14. The molecule has 0 radical (unpaired) electrons. The van der Waals surface area contributed by atoms with Crippen LogP contribution in [0.2, 0.25) is 5.02 Å². The maximum atomic E-state index is 12.0. The minimum Gasteiger partial charge on any atom is -0.496 e. The second-order valence-corrected chi connectivity index (χ2v) is 6.02. The van der Waals surface area contributed by atoms with Crippen LogP contribution >= 0.6 is 27.5 Å². The van der Waals surface area contributed by atoms with Crippen molar-refractivity contribution in [2.45, 2.75) is 6.92 Å². The number of carbonyl (C=O) groups is 1. The molecule has 114 valence electrons. The highest BCUT2D eigenvalue weighted by molar-refractivity contribution is 9.10. The van der Waals surface area contributed by atoms with E-state index >= 15 is 0 Å². The Hall–Kier alpha value is -1.78. The minimum absolute atomic E-state index is 0.257. The fourth-order valence-corrected chi connectivity index (χ4v) is 2.56. The SMILES string of the molecule is COc1ccc(Br)cc1/C=C/C(=O)Nc1ccc(C)cc1Cl. The molecule has 2 aromatic rings. The molecule has 0 saturated heterocycles. The molecule has 1 N–H and O–H groups in total. The molecule has 1 amide bonds. The van der Waals surface area contributed by atoms with Gasteiger partial charge in [0.05, 0.1) is 17.8 Å². The van der Waals surface area contributed by atoms with E-state index in [1.54, 1.807) is 25.3 Å². The predicted octanol–water partition coefficient (Wildman–Crippen LogP) is 5.07. The summed E-state index contributed by atoms with van der Waals surface area (Å²) in [5.74, 6) is 0.438. The van der Waals surface area contributed by atoms with Crippen LogP contribution in [0.15, 0.2) is 46.9 Å². The van der Waals surface area contributed by atoms with Gasteiger partial charge in [0.2, 0.25) is 5.91 Å². The Bertz CT molecular complexity index is 729. The number of methoxy groups -OCH3 is 1. The van der Waals surface area contributed by atoms with Crippen molar-refractivity contribution in [2.75, 3.05) is 12.4 Å². The van der Waals surface area contributed by atoms with Crippen LogP contribution in [0.1, 0.15) is 11.1 Å². The Morgan fingerprint density at radius 3 is 2.73 bits per heavy atom. The number of benzene rings is 2. The van der Waals surface area contributed by atoms with Crippen molar-refractivity contribution in [1.82, 2.24) is 0 Å². The summed E-state index contributed by atoms with van der Waals surface area (Å²) < 4.78 is 6.17. The monoisotopic (exact) mass is 379 g/mol. The molecule has 2 rings (SSSR count). The average Bonchev–Trinajstić information content (AvgIpc) is 2.48. The Kier molecular flexibility index (Phi) is 5.63. The van der Waals surface area contributed by atoms with E-state index in [1.165, 1.54) is 6.08 Å². The van der Waals surface area contributed by atoms with Crippen LogP contribution in [-0.4, -0.2) is 13.0 Å². The molecule has 0 aliphatic rings. The van der Waals surface area contributed by atoms with Crippen molar-refractivity contribution in [3.05, 3.63) is 63.1 Å². The topological polar surface area (TPSA) is 38.3 Å². The third kappa shape index (κ3) is 4.36. The summed E-state index contributed by atoms with van der Waals surface area (Å²) in [4.78, 5) is 12.0. The Morgan fingerprint density at radius 2 is 2.05 bits per heavy atom. The maximum Gasteiger partial charge on any atom is 0.248 e. The number of halogens is 2. The Balaban J connectivity index is 2.13. The van der Waals surface area contributed by atoms with Gasteiger partial charge in [-0.3, -0.25) is 4.79 Å². The van der Waals surface area contributed by atoms with Gasteiger partial charge in [0, 0.05) is 16.1 Å². The first kappa shape index (κ1) is 16.6. The molecule has 0 aliphatic carbocycles. The fraction of sp³-hybridized carbons (Fsp3) is 0.118. The molecule has 2 aromatic carbocycles. The van der Waals surface area contributed by atoms with E-state index in [4.69, 9.17) is 16.3 Å². The number of hydrogen-bond donors (Lipinski definition) is 1. The highest BCUT2D eigenvalue weighted by Crippen LogP contribution is 2.25. The lowest BCUT2D eigenvalue weighted by Gasteiger charge is -2.06. The zero-order chi connectivity index (χ0) is 16.1. The van der Waals surface area contributed by atoms with Gasteiger partial charge in [0.25, 0.3) is 0 Å². The molecule has 22 heavy (non-hydrogen) atoms. The summed E-state index contributed by atoms with van der Waals surface area (Å²) >= 11 is 9.49. The van der Waals surface area contributed by atoms with Gasteiger partial charge in [0.15, 0.2) is 0 Å². The molecule has 3 nitrogen and oxygen atoms in total. The van der Waals surface area contributed by atoms with Crippen LogP contribution in [0.25, 0.3) is 6.08 Å². The number of hydrogen-bond acceptors (Lipinski definition) is 2. The van der Waals surface area contributed by atoms with E-state index in [2.05, 4.69) is 21.2 Å². The summed E-state index contributed by atoms with van der Waals surface area (Å²) in [5, 5.41) is 3.27. The summed E-state index contributed by atoms with van der Waals surface area (Å²) in [5.41, 5.74) is 2.43. The zero-order valence-electron chi connectivity index (χ0n) is 12.2. The molecule has 0 aliphatic heterocycles. The molecule has 0 heterocycles. The van der Waals surface area contributed by atoms with Crippen molar-refractivity contribution < 1.29 is 9.53 Å². The number of ether oxygens (including phenoxy) is 1. The predicted molar refractivity (Wildman–Crippen MR) is 94.5 cm³/mol. The number of nitrogens with one attached hydrogen (secondary N) is 1. The quantitative estimate of drug-likeness (QED) is 0.752. The van der Waals surface area contributed by atoms with Crippen molar-refractivity contribution in [1.29, 1.82) is 0 Å². The number of aryl methyl sites for hydroxylation is 1. The third-order valence-corrected chi connectivity index (χ3v) is 3.79. The van der Waals surface area contributed by atoms with Crippen LogP contribution in [0, 0.1) is 6.92 Å². The first-order valence-electron chi connectivity index (χ1n) is 6.58. The molecule has 0 spiro atoms. The number of rotatable bonds is 4. The van der Waals surface area contributed by atoms with Crippen molar-refractivity contribution in [3.8, 4) is 5.75 Å². The van der Waals surface area contributed by atoms with Crippen LogP contribution < -0.4 is 10.1 Å². The molecular formula is C17H15BrClNO2. The summed E-state index contributed by atoms with van der Waals surface area (Å²) in [6.45, 7) is 1.94. The second kappa shape index (κ2) is 7.47.